The molecule has 1 saturated heterocycles. The number of nitrogens with zero attached hydrogens (tertiary/aromatic N) is 1. The highest BCUT2D eigenvalue weighted by Gasteiger charge is 2.17. The minimum atomic E-state index is 0.764. The summed E-state index contributed by atoms with van der Waals surface area (Å²) in [5.74, 6) is 0.764. The Bertz CT molecular complexity index is 279. The van der Waals surface area contributed by atoms with Gasteiger partial charge in [-0.25, -0.2) is 0 Å². The summed E-state index contributed by atoms with van der Waals surface area (Å²) < 4.78 is 0. The zero-order valence-electron chi connectivity index (χ0n) is 11.7. The summed E-state index contributed by atoms with van der Waals surface area (Å²) in [6.07, 6.45) is 5.34. The highest BCUT2D eigenvalue weighted by Crippen LogP contribution is 2.25. The Hall–Kier alpha value is -0.820. The van der Waals surface area contributed by atoms with Crippen molar-refractivity contribution in [3.63, 3.8) is 0 Å². The molecular formula is C16H27N. The number of hydrogen-bond donors (Lipinski definition) is 0. The van der Waals surface area contributed by atoms with Crippen molar-refractivity contribution in [1.82, 2.24) is 4.90 Å². The molecule has 0 radical (unpaired) electrons. The van der Waals surface area contributed by atoms with Gasteiger partial charge in [-0.3, -0.25) is 0 Å². The van der Waals surface area contributed by atoms with Gasteiger partial charge in [0.15, 0.2) is 0 Å². The predicted octanol–water partition coefficient (Wildman–Crippen LogP) is 4.30. The lowest BCUT2D eigenvalue weighted by Gasteiger charge is -2.29. The molecule has 1 aromatic carbocycles. The second kappa shape index (κ2) is 8.30. The largest absolute Gasteiger partial charge is 0.306 e. The Labute approximate surface area is 107 Å². The highest BCUT2D eigenvalue weighted by atomic mass is 15.1. The molecule has 1 fully saturated rings. The molecule has 0 amide bonds. The van der Waals surface area contributed by atoms with Crippen molar-refractivity contribution < 1.29 is 0 Å². The average molecular weight is 233 g/mol. The van der Waals surface area contributed by atoms with Gasteiger partial charge in [-0.15, -0.1) is 0 Å². The van der Waals surface area contributed by atoms with E-state index < -0.39 is 0 Å². The first kappa shape index (κ1) is 14.2. The van der Waals surface area contributed by atoms with Crippen LogP contribution >= 0.6 is 0 Å². The highest BCUT2D eigenvalue weighted by molar-refractivity contribution is 5.20. The van der Waals surface area contributed by atoms with Crippen LogP contribution in [-0.2, 0) is 0 Å². The molecule has 1 nitrogen and oxygen atoms in total. The van der Waals surface area contributed by atoms with Crippen LogP contribution in [0.15, 0.2) is 30.3 Å². The van der Waals surface area contributed by atoms with Crippen molar-refractivity contribution in [1.29, 1.82) is 0 Å². The van der Waals surface area contributed by atoms with Crippen molar-refractivity contribution in [2.45, 2.75) is 45.4 Å². The second-order valence-electron chi connectivity index (χ2n) is 5.01. The van der Waals surface area contributed by atoms with E-state index in [0.29, 0.717) is 0 Å². The normalized spacial score (nSPS) is 20.5. The van der Waals surface area contributed by atoms with Crippen molar-refractivity contribution in [2.75, 3.05) is 20.1 Å². The number of likely N-dealkylation sites (tertiary alicyclic amines) is 1. The fraction of sp³-hybridized carbons (Fsp3) is 0.625. The van der Waals surface area contributed by atoms with Crippen LogP contribution in [-0.4, -0.2) is 25.0 Å². The zero-order valence-corrected chi connectivity index (χ0v) is 11.7. The average Bonchev–Trinajstić information content (AvgIpc) is 2.40. The molecule has 2 rings (SSSR count). The number of piperidine rings is 1. The van der Waals surface area contributed by atoms with Crippen molar-refractivity contribution in [2.24, 2.45) is 0 Å². The molecule has 0 bridgehead atoms. The minimum absolute atomic E-state index is 0.764. The maximum Gasteiger partial charge on any atom is 0.00472 e. The first-order valence-corrected chi connectivity index (χ1v) is 7.01. The lowest BCUT2D eigenvalue weighted by atomic mass is 9.91. The zero-order chi connectivity index (χ0) is 12.5. The number of hydrogen-bond acceptors (Lipinski definition) is 1. The molecule has 1 heteroatoms. The summed E-state index contributed by atoms with van der Waals surface area (Å²) in [6, 6.07) is 10.9. The van der Waals surface area contributed by atoms with Crippen molar-refractivity contribution in [3.05, 3.63) is 35.9 Å². The molecule has 1 aromatic rings. The van der Waals surface area contributed by atoms with Gasteiger partial charge < -0.3 is 4.90 Å². The van der Waals surface area contributed by atoms with Gasteiger partial charge in [0, 0.05) is 6.54 Å². The molecular weight excluding hydrogens is 206 g/mol. The molecule has 0 aliphatic carbocycles. The van der Waals surface area contributed by atoms with Gasteiger partial charge in [0.1, 0.15) is 0 Å². The summed E-state index contributed by atoms with van der Waals surface area (Å²) in [7, 11) is 2.22. The first-order valence-electron chi connectivity index (χ1n) is 7.01. The number of unbranched alkanes of at least 4 members (excludes halogenated alkanes) is 1. The van der Waals surface area contributed by atoms with E-state index in [9.17, 15) is 0 Å². The quantitative estimate of drug-likeness (QED) is 0.736. The number of benzene rings is 1. The molecule has 96 valence electrons. The Morgan fingerprint density at radius 1 is 1.12 bits per heavy atom. The molecule has 1 heterocycles. The molecule has 1 aliphatic heterocycles. The smallest absolute Gasteiger partial charge is 0.00472 e. The Morgan fingerprint density at radius 3 is 2.29 bits per heavy atom. The molecule has 1 unspecified atom stereocenters. The fourth-order valence-electron chi connectivity index (χ4n) is 2.16. The van der Waals surface area contributed by atoms with E-state index in [4.69, 9.17) is 0 Å². The van der Waals surface area contributed by atoms with Gasteiger partial charge in [-0.1, -0.05) is 57.0 Å². The van der Waals surface area contributed by atoms with Crippen LogP contribution in [0.3, 0.4) is 0 Å². The monoisotopic (exact) mass is 233 g/mol. The maximum atomic E-state index is 2.43. The topological polar surface area (TPSA) is 3.24 Å². The summed E-state index contributed by atoms with van der Waals surface area (Å²) in [6.45, 7) is 6.85. The third-order valence-corrected chi connectivity index (χ3v) is 3.40. The van der Waals surface area contributed by atoms with Crippen LogP contribution in [0.4, 0.5) is 0 Å². The van der Waals surface area contributed by atoms with Crippen LogP contribution in [0.25, 0.3) is 0 Å². The van der Waals surface area contributed by atoms with Crippen LogP contribution < -0.4 is 0 Å². The van der Waals surface area contributed by atoms with Gasteiger partial charge in [0.2, 0.25) is 0 Å². The number of likely N-dealkylation sites (N-methyl/N-ethyl adjacent to an activating group) is 1. The van der Waals surface area contributed by atoms with E-state index in [1.807, 2.05) is 0 Å². The fourth-order valence-corrected chi connectivity index (χ4v) is 2.16. The van der Waals surface area contributed by atoms with E-state index >= 15 is 0 Å². The van der Waals surface area contributed by atoms with Crippen LogP contribution in [0.1, 0.15) is 51.0 Å². The Balaban J connectivity index is 0.000000317. The molecule has 0 spiro atoms. The van der Waals surface area contributed by atoms with Crippen LogP contribution in [0.5, 0.6) is 0 Å². The van der Waals surface area contributed by atoms with Crippen molar-refractivity contribution in [3.8, 4) is 0 Å². The summed E-state index contributed by atoms with van der Waals surface area (Å²) in [4.78, 5) is 2.43. The van der Waals surface area contributed by atoms with Gasteiger partial charge in [-0.05, 0) is 37.9 Å². The molecule has 0 N–H and O–H groups in total. The second-order valence-corrected chi connectivity index (χ2v) is 5.01. The molecule has 1 atom stereocenters. The first-order chi connectivity index (χ1) is 8.27. The lowest BCUT2D eigenvalue weighted by molar-refractivity contribution is 0.251. The van der Waals surface area contributed by atoms with E-state index in [1.165, 1.54) is 44.3 Å². The van der Waals surface area contributed by atoms with Crippen LogP contribution in [0, 0.1) is 0 Å². The van der Waals surface area contributed by atoms with E-state index in [2.05, 4.69) is 56.1 Å². The van der Waals surface area contributed by atoms with Crippen molar-refractivity contribution >= 4 is 0 Å². The predicted molar refractivity (Wildman–Crippen MR) is 76.5 cm³/mol. The molecule has 0 saturated carbocycles. The Kier molecular flexibility index (Phi) is 6.95. The van der Waals surface area contributed by atoms with Gasteiger partial charge >= 0.3 is 0 Å². The maximum absolute atomic E-state index is 2.43. The minimum Gasteiger partial charge on any atom is -0.306 e. The molecule has 0 aromatic heterocycles. The van der Waals surface area contributed by atoms with E-state index in [0.717, 1.165) is 5.92 Å². The third-order valence-electron chi connectivity index (χ3n) is 3.40. The van der Waals surface area contributed by atoms with Crippen LogP contribution in [0.2, 0.25) is 0 Å². The van der Waals surface area contributed by atoms with Gasteiger partial charge in [-0.2, -0.15) is 0 Å². The Morgan fingerprint density at radius 2 is 1.76 bits per heavy atom. The SMILES string of the molecule is CCCC.CN1CCCC(c2ccccc2)C1. The lowest BCUT2D eigenvalue weighted by Crippen LogP contribution is -2.30. The van der Waals surface area contributed by atoms with E-state index in [1.54, 1.807) is 0 Å². The standard InChI is InChI=1S/C12H17N.C4H10/c1-13-9-5-8-12(10-13)11-6-3-2-4-7-11;1-3-4-2/h2-4,6-7,12H,5,8-10H2,1H3;3-4H2,1-2H3. The van der Waals surface area contributed by atoms with E-state index in [-0.39, 0.29) is 0 Å². The third kappa shape index (κ3) is 5.36. The summed E-state index contributed by atoms with van der Waals surface area (Å²) in [5, 5.41) is 0. The summed E-state index contributed by atoms with van der Waals surface area (Å²) >= 11 is 0. The molecule has 17 heavy (non-hydrogen) atoms. The molecule has 1 aliphatic rings. The number of rotatable bonds is 2. The summed E-state index contributed by atoms with van der Waals surface area (Å²) in [5.41, 5.74) is 1.51. The van der Waals surface area contributed by atoms with Gasteiger partial charge in [0.25, 0.3) is 0 Å². The van der Waals surface area contributed by atoms with Gasteiger partial charge in [0.05, 0.1) is 0 Å².